The fourth-order valence-electron chi connectivity index (χ4n) is 3.45. The first-order valence-electron chi connectivity index (χ1n) is 9.39. The van der Waals surface area contributed by atoms with E-state index in [-0.39, 0.29) is 17.3 Å². The highest BCUT2D eigenvalue weighted by molar-refractivity contribution is 7.89. The standard InChI is InChI=1S/C23H25NO5S/c1-15-20(12-16-6-9-18(10-7-16)30(26,27)24(2)3)19-11-8-17(28-4)13-22(19)21(15)14-23(25)29-5/h6-13H,14H2,1-5H3. The summed E-state index contributed by atoms with van der Waals surface area (Å²) in [6, 6.07) is 12.5. The molecular weight excluding hydrogens is 402 g/mol. The van der Waals surface area contributed by atoms with Crippen molar-refractivity contribution in [3.63, 3.8) is 0 Å². The molecule has 0 radical (unpaired) electrons. The van der Waals surface area contributed by atoms with Gasteiger partial charge in [-0.2, -0.15) is 0 Å². The quantitative estimate of drug-likeness (QED) is 0.655. The second-order valence-electron chi connectivity index (χ2n) is 7.18. The minimum absolute atomic E-state index is 0.167. The van der Waals surface area contributed by atoms with Crippen molar-refractivity contribution in [2.45, 2.75) is 18.2 Å². The molecule has 0 unspecified atom stereocenters. The van der Waals surface area contributed by atoms with Crippen molar-refractivity contribution in [3.05, 3.63) is 64.7 Å². The van der Waals surface area contributed by atoms with Crippen molar-refractivity contribution in [2.75, 3.05) is 28.3 Å². The summed E-state index contributed by atoms with van der Waals surface area (Å²) in [7, 11) is 2.52. The normalized spacial score (nSPS) is 14.9. The summed E-state index contributed by atoms with van der Waals surface area (Å²) in [5.74, 6) is 0.404. The van der Waals surface area contributed by atoms with Gasteiger partial charge in [0, 0.05) is 14.1 Å². The minimum atomic E-state index is -3.48. The Kier molecular flexibility index (Phi) is 6.14. The summed E-state index contributed by atoms with van der Waals surface area (Å²) in [6.07, 6.45) is 2.16. The van der Waals surface area contributed by atoms with Crippen LogP contribution in [-0.2, 0) is 19.6 Å². The molecule has 0 saturated carbocycles. The van der Waals surface area contributed by atoms with E-state index in [0.717, 1.165) is 33.4 Å². The van der Waals surface area contributed by atoms with Crippen LogP contribution in [0.4, 0.5) is 0 Å². The summed E-state index contributed by atoms with van der Waals surface area (Å²) < 4.78 is 36.0. The van der Waals surface area contributed by atoms with Gasteiger partial charge < -0.3 is 9.47 Å². The average Bonchev–Trinajstić information content (AvgIpc) is 2.98. The number of carbonyl (C=O) groups is 1. The molecule has 0 bridgehead atoms. The van der Waals surface area contributed by atoms with Gasteiger partial charge in [0.05, 0.1) is 25.5 Å². The zero-order valence-corrected chi connectivity index (χ0v) is 18.5. The molecule has 158 valence electrons. The van der Waals surface area contributed by atoms with Gasteiger partial charge in [0.15, 0.2) is 0 Å². The van der Waals surface area contributed by atoms with E-state index in [0.29, 0.717) is 5.75 Å². The predicted molar refractivity (Wildman–Crippen MR) is 117 cm³/mol. The Morgan fingerprint density at radius 1 is 1.03 bits per heavy atom. The van der Waals surface area contributed by atoms with Crippen molar-refractivity contribution in [1.29, 1.82) is 0 Å². The van der Waals surface area contributed by atoms with Crippen LogP contribution in [0.25, 0.3) is 17.2 Å². The second-order valence-corrected chi connectivity index (χ2v) is 9.33. The van der Waals surface area contributed by atoms with Crippen LogP contribution in [0, 0.1) is 0 Å². The molecule has 6 nitrogen and oxygen atoms in total. The number of esters is 1. The van der Waals surface area contributed by atoms with Crippen LogP contribution in [0.3, 0.4) is 0 Å². The number of ether oxygens (including phenoxy) is 2. The molecule has 1 aliphatic rings. The molecule has 30 heavy (non-hydrogen) atoms. The summed E-state index contributed by atoms with van der Waals surface area (Å²) in [5, 5.41) is 0. The average molecular weight is 428 g/mol. The van der Waals surface area contributed by atoms with Gasteiger partial charge in [0.1, 0.15) is 5.75 Å². The number of sulfonamides is 1. The Morgan fingerprint density at radius 2 is 1.70 bits per heavy atom. The van der Waals surface area contributed by atoms with Gasteiger partial charge in [-0.15, -0.1) is 0 Å². The predicted octanol–water partition coefficient (Wildman–Crippen LogP) is 3.84. The number of allylic oxidation sites excluding steroid dienone is 2. The Bertz CT molecular complexity index is 1140. The number of fused-ring (bicyclic) bond motifs is 1. The summed E-state index contributed by atoms with van der Waals surface area (Å²) in [6.45, 7) is 1.97. The summed E-state index contributed by atoms with van der Waals surface area (Å²) in [5.41, 5.74) is 5.66. The largest absolute Gasteiger partial charge is 0.497 e. The highest BCUT2D eigenvalue weighted by atomic mass is 32.2. The fraction of sp³-hybridized carbons (Fsp3) is 0.261. The fourth-order valence-corrected chi connectivity index (χ4v) is 4.35. The van der Waals surface area contributed by atoms with E-state index in [1.165, 1.54) is 25.5 Å². The Balaban J connectivity index is 2.07. The third-order valence-electron chi connectivity index (χ3n) is 5.22. The minimum Gasteiger partial charge on any atom is -0.497 e. The van der Waals surface area contributed by atoms with E-state index in [2.05, 4.69) is 0 Å². The first-order chi connectivity index (χ1) is 14.2. The maximum Gasteiger partial charge on any atom is 0.310 e. The van der Waals surface area contributed by atoms with E-state index in [1.807, 2.05) is 31.2 Å². The maximum absolute atomic E-state index is 12.3. The molecule has 3 rings (SSSR count). The number of methoxy groups -OCH3 is 2. The molecule has 0 aromatic heterocycles. The van der Waals surface area contributed by atoms with Crippen LogP contribution in [-0.4, -0.2) is 47.0 Å². The Hall–Kier alpha value is -2.90. The summed E-state index contributed by atoms with van der Waals surface area (Å²) in [4.78, 5) is 12.2. The first kappa shape index (κ1) is 21.8. The topological polar surface area (TPSA) is 72.9 Å². The number of hydrogen-bond donors (Lipinski definition) is 0. The first-order valence-corrected chi connectivity index (χ1v) is 10.8. The van der Waals surface area contributed by atoms with Crippen LogP contribution >= 0.6 is 0 Å². The summed E-state index contributed by atoms with van der Waals surface area (Å²) >= 11 is 0. The third-order valence-corrected chi connectivity index (χ3v) is 7.05. The molecule has 0 saturated heterocycles. The molecule has 0 spiro atoms. The molecule has 0 amide bonds. The van der Waals surface area contributed by atoms with Crippen LogP contribution in [0.5, 0.6) is 5.75 Å². The molecular formula is C23H25NO5S. The Labute approximate surface area is 177 Å². The molecule has 2 aromatic carbocycles. The van der Waals surface area contributed by atoms with Crippen molar-refractivity contribution in [1.82, 2.24) is 4.31 Å². The molecule has 0 atom stereocenters. The van der Waals surface area contributed by atoms with E-state index in [4.69, 9.17) is 9.47 Å². The van der Waals surface area contributed by atoms with Gasteiger partial charge in [-0.25, -0.2) is 12.7 Å². The smallest absolute Gasteiger partial charge is 0.310 e. The zero-order valence-electron chi connectivity index (χ0n) is 17.7. The van der Waals surface area contributed by atoms with Gasteiger partial charge >= 0.3 is 5.97 Å². The molecule has 0 N–H and O–H groups in total. The Morgan fingerprint density at radius 3 is 2.27 bits per heavy atom. The highest BCUT2D eigenvalue weighted by Gasteiger charge is 2.26. The number of benzene rings is 2. The van der Waals surface area contributed by atoms with E-state index < -0.39 is 10.0 Å². The number of nitrogens with zero attached hydrogens (tertiary/aromatic N) is 1. The van der Waals surface area contributed by atoms with Gasteiger partial charge in [0.2, 0.25) is 10.0 Å². The molecule has 1 aliphatic carbocycles. The molecule has 0 aliphatic heterocycles. The van der Waals surface area contributed by atoms with Crippen LogP contribution in [0.1, 0.15) is 30.0 Å². The lowest BCUT2D eigenvalue weighted by Gasteiger charge is -2.11. The van der Waals surface area contributed by atoms with E-state index in [1.54, 1.807) is 31.4 Å². The van der Waals surface area contributed by atoms with E-state index in [9.17, 15) is 13.2 Å². The van der Waals surface area contributed by atoms with Crippen molar-refractivity contribution < 1.29 is 22.7 Å². The van der Waals surface area contributed by atoms with Gasteiger partial charge in [0.25, 0.3) is 0 Å². The number of carbonyl (C=O) groups excluding carboxylic acids is 1. The van der Waals surface area contributed by atoms with Gasteiger partial charge in [-0.3, -0.25) is 4.79 Å². The third kappa shape index (κ3) is 4.04. The maximum atomic E-state index is 12.3. The SMILES string of the molecule is COC(=O)CC1=C(C)C(=Cc2ccc(S(=O)(=O)N(C)C)cc2)c2ccc(OC)cc21. The van der Waals surface area contributed by atoms with Crippen LogP contribution < -0.4 is 4.74 Å². The van der Waals surface area contributed by atoms with Gasteiger partial charge in [-0.05, 0) is 70.7 Å². The molecule has 0 fully saturated rings. The molecule has 2 aromatic rings. The number of hydrogen-bond acceptors (Lipinski definition) is 5. The lowest BCUT2D eigenvalue weighted by atomic mass is 10.0. The van der Waals surface area contributed by atoms with Crippen LogP contribution in [0.15, 0.2) is 52.9 Å². The zero-order chi connectivity index (χ0) is 22.1. The lowest BCUT2D eigenvalue weighted by Crippen LogP contribution is -2.22. The van der Waals surface area contributed by atoms with Crippen LogP contribution in [0.2, 0.25) is 0 Å². The van der Waals surface area contributed by atoms with Gasteiger partial charge in [-0.1, -0.05) is 18.2 Å². The van der Waals surface area contributed by atoms with Crippen molar-refractivity contribution in [3.8, 4) is 5.75 Å². The van der Waals surface area contributed by atoms with Crippen molar-refractivity contribution >= 4 is 33.2 Å². The molecule has 7 heteroatoms. The second kappa shape index (κ2) is 8.45. The monoisotopic (exact) mass is 427 g/mol. The highest BCUT2D eigenvalue weighted by Crippen LogP contribution is 2.45. The van der Waals surface area contributed by atoms with Crippen molar-refractivity contribution in [2.24, 2.45) is 0 Å². The van der Waals surface area contributed by atoms with E-state index >= 15 is 0 Å². The molecule has 0 heterocycles. The number of rotatable bonds is 6. The lowest BCUT2D eigenvalue weighted by molar-refractivity contribution is -0.139.